The number of fused-ring (bicyclic) bond motifs is 5. The molecule has 0 spiro atoms. The van der Waals surface area contributed by atoms with Crippen LogP contribution in [0, 0.1) is 0 Å². The van der Waals surface area contributed by atoms with Gasteiger partial charge in [0.25, 0.3) is 0 Å². The Labute approximate surface area is 270 Å². The van der Waals surface area contributed by atoms with E-state index in [1.54, 1.807) is 12.1 Å². The lowest BCUT2D eigenvalue weighted by atomic mass is 9.85. The van der Waals surface area contributed by atoms with Gasteiger partial charge in [-0.3, -0.25) is 0 Å². The van der Waals surface area contributed by atoms with Crippen molar-refractivity contribution in [1.29, 1.82) is 0 Å². The van der Waals surface area contributed by atoms with Crippen LogP contribution in [0.3, 0.4) is 0 Å². The van der Waals surface area contributed by atoms with Gasteiger partial charge in [0.2, 0.25) is 0 Å². The van der Waals surface area contributed by atoms with Crippen molar-refractivity contribution in [3.05, 3.63) is 170 Å². The Morgan fingerprint density at radius 1 is 0.311 bits per heavy atom. The normalized spacial score (nSPS) is 13.4. The Morgan fingerprint density at radius 2 is 0.689 bits per heavy atom. The molecular formula is C44H28O. The van der Waals surface area contributed by atoms with Crippen molar-refractivity contribution in [2.75, 3.05) is 0 Å². The Balaban J connectivity index is 1.34. The summed E-state index contributed by atoms with van der Waals surface area (Å²) in [7, 11) is 0. The number of furan rings is 1. The van der Waals surface area contributed by atoms with Gasteiger partial charge in [-0.1, -0.05) is 146 Å². The van der Waals surface area contributed by atoms with E-state index in [4.69, 9.17) is 8.53 Å². The Hall–Kier alpha value is -5.92. The van der Waals surface area contributed by atoms with E-state index in [0.29, 0.717) is 11.1 Å². The van der Waals surface area contributed by atoms with E-state index in [0.717, 1.165) is 43.8 Å². The quantitative estimate of drug-likeness (QED) is 0.189. The van der Waals surface area contributed by atoms with E-state index < -0.39 is 0 Å². The molecule has 0 atom stereocenters. The van der Waals surface area contributed by atoms with Crippen LogP contribution in [0.15, 0.2) is 174 Å². The van der Waals surface area contributed by atoms with Crippen molar-refractivity contribution < 1.29 is 12.6 Å². The third-order valence-corrected chi connectivity index (χ3v) is 8.53. The van der Waals surface area contributed by atoms with Crippen molar-refractivity contribution in [3.63, 3.8) is 0 Å². The topological polar surface area (TPSA) is 13.1 Å². The second kappa shape index (κ2) is 10.4. The third-order valence-electron chi connectivity index (χ3n) is 8.53. The van der Waals surface area contributed by atoms with Gasteiger partial charge in [0.05, 0.1) is 8.22 Å². The molecule has 0 aliphatic heterocycles. The molecule has 0 saturated heterocycles. The van der Waals surface area contributed by atoms with Crippen LogP contribution in [0.4, 0.5) is 0 Å². The fourth-order valence-electron chi connectivity index (χ4n) is 6.43. The minimum atomic E-state index is -0.205. The molecule has 1 heteroatoms. The third kappa shape index (κ3) is 4.24. The molecular weight excluding hydrogens is 544 g/mol. The van der Waals surface area contributed by atoms with Crippen molar-refractivity contribution in [3.8, 4) is 44.5 Å². The lowest BCUT2D eigenvalue weighted by Crippen LogP contribution is -1.91. The molecule has 45 heavy (non-hydrogen) atoms. The molecule has 0 amide bonds. The van der Waals surface area contributed by atoms with Crippen LogP contribution in [0.25, 0.3) is 88.0 Å². The fraction of sp³-hybridized carbons (Fsp3) is 0. The number of rotatable bonds is 4. The molecule has 1 aromatic heterocycles. The molecule has 1 nitrogen and oxygen atoms in total. The highest BCUT2D eigenvalue weighted by atomic mass is 16.3. The smallest absolute Gasteiger partial charge is 0.136 e. The summed E-state index contributed by atoms with van der Waals surface area (Å²) in [6.45, 7) is 0. The van der Waals surface area contributed by atoms with Gasteiger partial charge in [0, 0.05) is 10.8 Å². The molecule has 0 N–H and O–H groups in total. The molecule has 0 aliphatic carbocycles. The van der Waals surface area contributed by atoms with E-state index in [9.17, 15) is 4.11 Å². The van der Waals surface area contributed by atoms with E-state index in [-0.39, 0.29) is 69.3 Å². The number of hydrogen-bond donors (Lipinski definition) is 0. The molecule has 1 heterocycles. The summed E-state index contributed by atoms with van der Waals surface area (Å²) in [5, 5.41) is 3.78. The van der Waals surface area contributed by atoms with Crippen LogP contribution in [0.1, 0.15) is 8.22 Å². The minimum absolute atomic E-state index is 0.0290. The zero-order chi connectivity index (χ0) is 35.0. The van der Waals surface area contributed by atoms with Crippen LogP contribution in [-0.2, 0) is 0 Å². The summed E-state index contributed by atoms with van der Waals surface area (Å²) in [4.78, 5) is 0. The molecule has 0 aliphatic rings. The fourth-order valence-corrected chi connectivity index (χ4v) is 6.43. The zero-order valence-electron chi connectivity index (χ0n) is 30.1. The molecule has 0 fully saturated rings. The predicted octanol–water partition coefficient (Wildman–Crippen LogP) is 12.6. The van der Waals surface area contributed by atoms with Gasteiger partial charge in [0.1, 0.15) is 11.2 Å². The van der Waals surface area contributed by atoms with E-state index >= 15 is 0 Å². The van der Waals surface area contributed by atoms with Crippen LogP contribution in [-0.4, -0.2) is 0 Å². The molecule has 0 saturated carbocycles. The maximum Gasteiger partial charge on any atom is 0.136 e. The Morgan fingerprint density at radius 3 is 1.22 bits per heavy atom. The second-order valence-corrected chi connectivity index (χ2v) is 11.2. The first-order chi connectivity index (χ1) is 24.8. The molecule has 9 aromatic rings. The maximum absolute atomic E-state index is 9.57. The molecule has 0 radical (unpaired) electrons. The van der Waals surface area contributed by atoms with Crippen LogP contribution in [0.2, 0.25) is 0 Å². The largest absolute Gasteiger partial charge is 0.456 e. The monoisotopic (exact) mass is 578 g/mol. The summed E-state index contributed by atoms with van der Waals surface area (Å²) in [6, 6.07) is 42.8. The number of benzene rings is 8. The standard InChI is InChI=1S/C44H28O/c1-3-11-29(12-4-1)31-19-21-32(22-20-31)43-37-15-7-9-17-39(37)44(40-18-10-8-16-38(40)43)34-24-26-36-35-25-23-33(30-13-5-2-6-14-30)27-41(35)45-42(36)28-34/h1-28H/i23D,24D,25D,26D,27D,28D. The zero-order valence-corrected chi connectivity index (χ0v) is 24.1. The van der Waals surface area contributed by atoms with E-state index in [1.165, 1.54) is 0 Å². The summed E-state index contributed by atoms with van der Waals surface area (Å²) >= 11 is 0. The van der Waals surface area contributed by atoms with Gasteiger partial charge in [-0.05, 0) is 90.2 Å². The average molecular weight is 579 g/mol. The summed E-state index contributed by atoms with van der Waals surface area (Å²) < 4.78 is 61.4. The Kier molecular flexibility index (Phi) is 4.63. The van der Waals surface area contributed by atoms with Gasteiger partial charge in [-0.15, -0.1) is 0 Å². The van der Waals surface area contributed by atoms with Gasteiger partial charge in [-0.25, -0.2) is 0 Å². The molecule has 8 aromatic carbocycles. The first kappa shape index (κ1) is 20.1. The lowest BCUT2D eigenvalue weighted by Gasteiger charge is -2.18. The SMILES string of the molecule is [2H]c1c(-c2ccccc2)c([2H])c2oc3c([2H])c(-c4c5ccccc5c(-c5ccc(-c6ccccc6)cc5)c5ccccc45)c([2H])c([2H])c3c2c1[2H]. The van der Waals surface area contributed by atoms with Gasteiger partial charge >= 0.3 is 0 Å². The van der Waals surface area contributed by atoms with Gasteiger partial charge < -0.3 is 4.42 Å². The van der Waals surface area contributed by atoms with Gasteiger partial charge in [0.15, 0.2) is 0 Å². The molecule has 210 valence electrons. The lowest BCUT2D eigenvalue weighted by molar-refractivity contribution is 0.669. The highest BCUT2D eigenvalue weighted by Gasteiger charge is 2.18. The summed E-state index contributed by atoms with van der Waals surface area (Å²) in [5.74, 6) is 0. The van der Waals surface area contributed by atoms with E-state index in [1.807, 2.05) is 72.8 Å². The highest BCUT2D eigenvalue weighted by Crippen LogP contribution is 2.45. The van der Waals surface area contributed by atoms with Crippen LogP contribution < -0.4 is 0 Å². The molecule has 0 unspecified atom stereocenters. The average Bonchev–Trinajstić information content (AvgIpc) is 3.59. The van der Waals surface area contributed by atoms with Crippen LogP contribution >= 0.6 is 0 Å². The minimum Gasteiger partial charge on any atom is -0.456 e. The van der Waals surface area contributed by atoms with Crippen molar-refractivity contribution >= 4 is 43.5 Å². The molecule has 0 bridgehead atoms. The predicted molar refractivity (Wildman–Crippen MR) is 190 cm³/mol. The maximum atomic E-state index is 9.57. The second-order valence-electron chi connectivity index (χ2n) is 11.2. The summed E-state index contributed by atoms with van der Waals surface area (Å²) in [5.41, 5.74) is 6.14. The Bertz CT molecular complexity index is 2790. The van der Waals surface area contributed by atoms with Crippen molar-refractivity contribution in [1.82, 2.24) is 0 Å². The van der Waals surface area contributed by atoms with Crippen molar-refractivity contribution in [2.45, 2.75) is 0 Å². The van der Waals surface area contributed by atoms with Crippen molar-refractivity contribution in [2.24, 2.45) is 0 Å². The van der Waals surface area contributed by atoms with E-state index in [2.05, 4.69) is 48.5 Å². The number of hydrogen-bond acceptors (Lipinski definition) is 1. The summed E-state index contributed by atoms with van der Waals surface area (Å²) in [6.07, 6.45) is 0. The van der Waals surface area contributed by atoms with Crippen LogP contribution in [0.5, 0.6) is 0 Å². The first-order valence-corrected chi connectivity index (χ1v) is 15.0. The molecule has 9 rings (SSSR count). The first-order valence-electron chi connectivity index (χ1n) is 18.0. The highest BCUT2D eigenvalue weighted by molar-refractivity contribution is 6.22. The van der Waals surface area contributed by atoms with Gasteiger partial charge in [-0.2, -0.15) is 0 Å².